The van der Waals surface area contributed by atoms with E-state index in [0.29, 0.717) is 12.2 Å². The summed E-state index contributed by atoms with van der Waals surface area (Å²) < 4.78 is 16.6. The van der Waals surface area contributed by atoms with Crippen molar-refractivity contribution in [3.63, 3.8) is 0 Å². The molecule has 5 heteroatoms. The fourth-order valence-corrected chi connectivity index (χ4v) is 3.99. The molecule has 1 amide bonds. The molecule has 4 aromatic rings. The van der Waals surface area contributed by atoms with E-state index < -0.39 is 0 Å². The minimum Gasteiger partial charge on any atom is -0.331 e. The predicted octanol–water partition coefficient (Wildman–Crippen LogP) is 5.76. The minimum absolute atomic E-state index is 0.168. The molecule has 4 rings (SSSR count). The highest BCUT2D eigenvalue weighted by Crippen LogP contribution is 2.27. The Balaban J connectivity index is 1.69. The number of carbonyl (C=O) groups is 1. The summed E-state index contributed by atoms with van der Waals surface area (Å²) in [6, 6.07) is 16.2. The fourth-order valence-electron chi connectivity index (χ4n) is 3.17. The number of halogens is 1. The van der Waals surface area contributed by atoms with Crippen LogP contribution in [-0.2, 0) is 6.54 Å². The summed E-state index contributed by atoms with van der Waals surface area (Å²) in [6.07, 6.45) is 0. The maximum Gasteiger partial charge on any atom is 0.272 e. The van der Waals surface area contributed by atoms with Gasteiger partial charge in [-0.1, -0.05) is 18.2 Å². The highest BCUT2D eigenvalue weighted by Gasteiger charge is 2.17. The third-order valence-corrected chi connectivity index (χ3v) is 5.60. The first-order valence-corrected chi connectivity index (χ1v) is 9.59. The fraction of sp³-hybridized carbons (Fsp3) is 0.136. The number of anilines is 1. The quantitative estimate of drug-likeness (QED) is 0.481. The van der Waals surface area contributed by atoms with Crippen LogP contribution in [0, 0.1) is 19.7 Å². The van der Waals surface area contributed by atoms with Crippen LogP contribution in [-0.4, -0.2) is 10.5 Å². The van der Waals surface area contributed by atoms with E-state index >= 15 is 0 Å². The number of aromatic nitrogens is 1. The van der Waals surface area contributed by atoms with Crippen molar-refractivity contribution in [1.82, 2.24) is 4.57 Å². The van der Waals surface area contributed by atoms with E-state index in [-0.39, 0.29) is 11.7 Å². The number of carbonyl (C=O) groups excluding carboxylic acids is 1. The molecule has 0 saturated heterocycles. The van der Waals surface area contributed by atoms with Crippen LogP contribution in [0.4, 0.5) is 10.1 Å². The van der Waals surface area contributed by atoms with Crippen molar-refractivity contribution in [3.8, 4) is 0 Å². The molecule has 136 valence electrons. The summed E-state index contributed by atoms with van der Waals surface area (Å²) >= 11 is 1.59. The number of nitrogens with zero attached hydrogens (tertiary/aromatic N) is 1. The lowest BCUT2D eigenvalue weighted by Gasteiger charge is -2.12. The largest absolute Gasteiger partial charge is 0.331 e. The molecule has 0 bridgehead atoms. The first kappa shape index (κ1) is 17.5. The van der Waals surface area contributed by atoms with Crippen LogP contribution in [0.5, 0.6) is 0 Å². The van der Waals surface area contributed by atoms with Crippen LogP contribution in [0.1, 0.15) is 27.2 Å². The van der Waals surface area contributed by atoms with E-state index in [2.05, 4.69) is 5.32 Å². The van der Waals surface area contributed by atoms with Crippen molar-refractivity contribution in [2.75, 3.05) is 5.32 Å². The zero-order valence-electron chi connectivity index (χ0n) is 15.1. The van der Waals surface area contributed by atoms with Gasteiger partial charge in [0.15, 0.2) is 0 Å². The van der Waals surface area contributed by atoms with E-state index in [4.69, 9.17) is 0 Å². The van der Waals surface area contributed by atoms with Gasteiger partial charge in [0.25, 0.3) is 5.91 Å². The Morgan fingerprint density at radius 3 is 2.70 bits per heavy atom. The molecule has 0 aliphatic heterocycles. The summed E-state index contributed by atoms with van der Waals surface area (Å²) in [5.41, 5.74) is 5.45. The van der Waals surface area contributed by atoms with Crippen LogP contribution < -0.4 is 5.32 Å². The molecule has 2 aromatic heterocycles. The van der Waals surface area contributed by atoms with Gasteiger partial charge in [0.05, 0.1) is 10.2 Å². The molecule has 27 heavy (non-hydrogen) atoms. The topological polar surface area (TPSA) is 34.0 Å². The maximum absolute atomic E-state index is 13.6. The smallest absolute Gasteiger partial charge is 0.272 e. The Morgan fingerprint density at radius 1 is 1.07 bits per heavy atom. The van der Waals surface area contributed by atoms with E-state index in [0.717, 1.165) is 27.0 Å². The molecule has 0 unspecified atom stereocenters. The van der Waals surface area contributed by atoms with Gasteiger partial charge in [0.1, 0.15) is 11.5 Å². The predicted molar refractivity (Wildman–Crippen MR) is 109 cm³/mol. The van der Waals surface area contributed by atoms with Gasteiger partial charge < -0.3 is 9.88 Å². The first-order chi connectivity index (χ1) is 13.0. The lowest BCUT2D eigenvalue weighted by atomic mass is 10.1. The van der Waals surface area contributed by atoms with Gasteiger partial charge in [-0.3, -0.25) is 4.79 Å². The van der Waals surface area contributed by atoms with Crippen LogP contribution in [0.3, 0.4) is 0 Å². The van der Waals surface area contributed by atoms with Crippen molar-refractivity contribution in [2.45, 2.75) is 20.4 Å². The van der Waals surface area contributed by atoms with Crippen molar-refractivity contribution < 1.29 is 9.18 Å². The number of thiophene rings is 1. The number of rotatable bonds is 4. The Bertz CT molecular complexity index is 1140. The number of aryl methyl sites for hydroxylation is 2. The molecular weight excluding hydrogens is 359 g/mol. The Hall–Kier alpha value is -2.92. The van der Waals surface area contributed by atoms with Crippen LogP contribution >= 0.6 is 11.3 Å². The van der Waals surface area contributed by atoms with Gasteiger partial charge in [-0.15, -0.1) is 11.3 Å². The van der Waals surface area contributed by atoms with Crippen molar-refractivity contribution >= 4 is 33.1 Å². The van der Waals surface area contributed by atoms with E-state index in [1.165, 1.54) is 17.7 Å². The normalized spacial score (nSPS) is 11.1. The number of fused-ring (bicyclic) bond motifs is 1. The molecule has 0 aliphatic carbocycles. The highest BCUT2D eigenvalue weighted by molar-refractivity contribution is 7.17. The van der Waals surface area contributed by atoms with E-state index in [1.807, 2.05) is 60.2 Å². The Kier molecular flexibility index (Phi) is 4.54. The zero-order valence-corrected chi connectivity index (χ0v) is 15.9. The minimum atomic E-state index is -0.276. The van der Waals surface area contributed by atoms with Gasteiger partial charge in [0, 0.05) is 12.2 Å². The molecule has 0 radical (unpaired) electrons. The third-order valence-electron chi connectivity index (χ3n) is 4.75. The zero-order chi connectivity index (χ0) is 19.0. The summed E-state index contributed by atoms with van der Waals surface area (Å²) in [5.74, 6) is -0.444. The number of hydrogen-bond acceptors (Lipinski definition) is 2. The van der Waals surface area contributed by atoms with Gasteiger partial charge in [-0.25, -0.2) is 4.39 Å². The van der Waals surface area contributed by atoms with Crippen molar-refractivity contribution in [3.05, 3.63) is 88.2 Å². The first-order valence-electron chi connectivity index (χ1n) is 8.71. The monoisotopic (exact) mass is 378 g/mol. The molecule has 0 spiro atoms. The second-order valence-electron chi connectivity index (χ2n) is 6.67. The van der Waals surface area contributed by atoms with Crippen LogP contribution in [0.15, 0.2) is 60.0 Å². The highest BCUT2D eigenvalue weighted by atomic mass is 32.1. The summed E-state index contributed by atoms with van der Waals surface area (Å²) in [5, 5.41) is 4.98. The summed E-state index contributed by atoms with van der Waals surface area (Å²) in [6.45, 7) is 4.50. The molecule has 0 atom stereocenters. The molecule has 2 aromatic carbocycles. The van der Waals surface area contributed by atoms with Crippen LogP contribution in [0.2, 0.25) is 0 Å². The molecule has 0 fully saturated rings. The summed E-state index contributed by atoms with van der Waals surface area (Å²) in [7, 11) is 0. The number of amides is 1. The molecule has 0 aliphatic rings. The SMILES string of the molecule is Cc1ccc(NC(=O)c2cc3sccc3n2Cc2cccc(F)c2)cc1C. The second kappa shape index (κ2) is 7.00. The lowest BCUT2D eigenvalue weighted by molar-refractivity contribution is 0.101. The van der Waals surface area contributed by atoms with E-state index in [9.17, 15) is 9.18 Å². The molecule has 3 nitrogen and oxygen atoms in total. The second-order valence-corrected chi connectivity index (χ2v) is 7.62. The molecule has 0 saturated carbocycles. The molecular formula is C22H19FN2OS. The molecule has 1 N–H and O–H groups in total. The molecule has 2 heterocycles. The van der Waals surface area contributed by atoms with Crippen molar-refractivity contribution in [2.24, 2.45) is 0 Å². The van der Waals surface area contributed by atoms with Crippen molar-refractivity contribution in [1.29, 1.82) is 0 Å². The standard InChI is InChI=1S/C22H19FN2OS/c1-14-6-7-18(10-15(14)2)24-22(26)20-12-21-19(8-9-27-21)25(20)13-16-4-3-5-17(23)11-16/h3-12H,13H2,1-2H3,(H,24,26). The van der Waals surface area contributed by atoms with Gasteiger partial charge >= 0.3 is 0 Å². The van der Waals surface area contributed by atoms with Gasteiger partial charge in [0.2, 0.25) is 0 Å². The Morgan fingerprint density at radius 2 is 1.93 bits per heavy atom. The summed E-state index contributed by atoms with van der Waals surface area (Å²) in [4.78, 5) is 13.0. The number of benzene rings is 2. The van der Waals surface area contributed by atoms with Gasteiger partial charge in [-0.2, -0.15) is 0 Å². The average molecular weight is 378 g/mol. The van der Waals surface area contributed by atoms with Gasteiger partial charge in [-0.05, 0) is 72.3 Å². The third kappa shape index (κ3) is 3.51. The number of hydrogen-bond donors (Lipinski definition) is 1. The number of nitrogens with one attached hydrogen (secondary N) is 1. The lowest BCUT2D eigenvalue weighted by Crippen LogP contribution is -2.17. The average Bonchev–Trinajstić information content (AvgIpc) is 3.21. The van der Waals surface area contributed by atoms with E-state index in [1.54, 1.807) is 17.4 Å². The Labute approximate surface area is 161 Å². The maximum atomic E-state index is 13.6. The van der Waals surface area contributed by atoms with Crippen LogP contribution in [0.25, 0.3) is 10.2 Å².